The molecule has 4 amide bonds. The Kier molecular flexibility index (Phi) is 6.88. The second-order valence-corrected chi connectivity index (χ2v) is 10.3. The monoisotopic (exact) mass is 485 g/mol. The predicted molar refractivity (Wildman–Crippen MR) is 112 cm³/mol. The Morgan fingerprint density at radius 3 is 2.41 bits per heavy atom. The van der Waals surface area contributed by atoms with E-state index in [4.69, 9.17) is 0 Å². The van der Waals surface area contributed by atoms with Gasteiger partial charge in [0.1, 0.15) is 18.1 Å². The van der Waals surface area contributed by atoms with Gasteiger partial charge in [-0.3, -0.25) is 19.2 Å². The van der Waals surface area contributed by atoms with Crippen LogP contribution in [0.25, 0.3) is 0 Å². The van der Waals surface area contributed by atoms with Crippen molar-refractivity contribution in [3.05, 3.63) is 0 Å². The lowest BCUT2D eigenvalue weighted by atomic mass is 9.96. The summed E-state index contributed by atoms with van der Waals surface area (Å²) in [6.07, 6.45) is -4.47. The molecule has 0 aromatic rings. The first-order chi connectivity index (χ1) is 15.7. The number of piperidine rings is 1. The van der Waals surface area contributed by atoms with Crippen LogP contribution in [0.15, 0.2) is 0 Å². The van der Waals surface area contributed by atoms with Gasteiger partial charge in [0, 0.05) is 19.0 Å². The summed E-state index contributed by atoms with van der Waals surface area (Å²) in [6, 6.07) is -1.41. The highest BCUT2D eigenvalue weighted by Crippen LogP contribution is 2.65. The van der Waals surface area contributed by atoms with Gasteiger partial charge in [-0.05, 0) is 36.0 Å². The third-order valence-electron chi connectivity index (χ3n) is 7.39. The molecule has 0 spiro atoms. The number of nitrogens with one attached hydrogen (secondary N) is 3. The number of likely N-dealkylation sites (tertiary alicyclic amines) is 1. The molecule has 3 N–H and O–H groups in total. The molecule has 0 radical (unpaired) electrons. The number of nitrogens with zero attached hydrogens (tertiary/aromatic N) is 2. The quantitative estimate of drug-likeness (QED) is 0.489. The van der Waals surface area contributed by atoms with Gasteiger partial charge in [0.2, 0.25) is 17.7 Å². The van der Waals surface area contributed by atoms with Gasteiger partial charge in [-0.25, -0.2) is 0 Å². The first-order valence-corrected chi connectivity index (χ1v) is 11.4. The van der Waals surface area contributed by atoms with E-state index in [1.165, 1.54) is 18.7 Å². The Morgan fingerprint density at radius 2 is 1.91 bits per heavy atom. The largest absolute Gasteiger partial charge is 0.471 e. The van der Waals surface area contributed by atoms with Gasteiger partial charge < -0.3 is 20.9 Å². The molecule has 9 nitrogen and oxygen atoms in total. The van der Waals surface area contributed by atoms with Crippen LogP contribution in [0, 0.1) is 40.4 Å². The van der Waals surface area contributed by atoms with Crippen molar-refractivity contribution in [2.75, 3.05) is 13.1 Å². The highest BCUT2D eigenvalue weighted by Gasteiger charge is 2.69. The molecule has 1 saturated carbocycles. The summed E-state index contributed by atoms with van der Waals surface area (Å²) in [4.78, 5) is 51.1. The van der Waals surface area contributed by atoms with Crippen molar-refractivity contribution in [1.82, 2.24) is 20.9 Å². The first kappa shape index (κ1) is 25.8. The summed E-state index contributed by atoms with van der Waals surface area (Å²) in [6.45, 7) is 7.57. The van der Waals surface area contributed by atoms with Crippen molar-refractivity contribution in [1.29, 1.82) is 5.26 Å². The van der Waals surface area contributed by atoms with Crippen LogP contribution in [0.3, 0.4) is 0 Å². The number of fused-ring (bicyclic) bond motifs is 1. The third-order valence-corrected chi connectivity index (χ3v) is 7.39. The van der Waals surface area contributed by atoms with E-state index in [0.29, 0.717) is 13.0 Å². The number of nitriles is 1. The van der Waals surface area contributed by atoms with Crippen LogP contribution in [0.2, 0.25) is 0 Å². The number of alkyl halides is 3. The van der Waals surface area contributed by atoms with E-state index in [-0.39, 0.29) is 36.1 Å². The van der Waals surface area contributed by atoms with Crippen LogP contribution in [0.4, 0.5) is 13.2 Å². The zero-order valence-corrected chi connectivity index (χ0v) is 19.5. The van der Waals surface area contributed by atoms with Crippen LogP contribution in [-0.4, -0.2) is 65.9 Å². The van der Waals surface area contributed by atoms with Gasteiger partial charge in [-0.2, -0.15) is 18.4 Å². The summed E-state index contributed by atoms with van der Waals surface area (Å²) in [5.74, 6) is -5.06. The maximum Gasteiger partial charge on any atom is 0.471 e. The van der Waals surface area contributed by atoms with Crippen molar-refractivity contribution in [3.8, 4) is 6.07 Å². The normalized spacial score (nSPS) is 29.0. The lowest BCUT2D eigenvalue weighted by Gasteiger charge is -2.34. The topological polar surface area (TPSA) is 131 Å². The lowest BCUT2D eigenvalue weighted by Crippen LogP contribution is -2.59. The number of rotatable bonds is 7. The summed E-state index contributed by atoms with van der Waals surface area (Å²) >= 11 is 0. The smallest absolute Gasteiger partial charge is 0.356 e. The van der Waals surface area contributed by atoms with Crippen LogP contribution < -0.4 is 16.0 Å². The maximum atomic E-state index is 13.3. The fourth-order valence-electron chi connectivity index (χ4n) is 5.28. The van der Waals surface area contributed by atoms with E-state index in [1.807, 2.05) is 19.9 Å². The summed E-state index contributed by atoms with van der Waals surface area (Å²) in [5, 5.41) is 16.6. The molecule has 34 heavy (non-hydrogen) atoms. The number of carbonyl (C=O) groups is 4. The fraction of sp³-hybridized carbons (Fsp3) is 0.773. The van der Waals surface area contributed by atoms with Crippen molar-refractivity contribution >= 4 is 23.6 Å². The molecule has 0 aromatic heterocycles. The molecule has 6 atom stereocenters. The number of halogens is 3. The first-order valence-electron chi connectivity index (χ1n) is 11.4. The molecule has 188 valence electrons. The van der Waals surface area contributed by atoms with Crippen molar-refractivity contribution < 1.29 is 32.3 Å². The molecule has 2 aliphatic heterocycles. The van der Waals surface area contributed by atoms with E-state index in [1.54, 1.807) is 5.32 Å². The second-order valence-electron chi connectivity index (χ2n) is 10.3. The minimum Gasteiger partial charge on any atom is -0.356 e. The van der Waals surface area contributed by atoms with E-state index >= 15 is 0 Å². The van der Waals surface area contributed by atoms with Gasteiger partial charge in [0.05, 0.1) is 6.07 Å². The van der Waals surface area contributed by atoms with Crippen molar-refractivity contribution in [2.24, 2.45) is 29.1 Å². The Labute approximate surface area is 195 Å². The molecular weight excluding hydrogens is 455 g/mol. The van der Waals surface area contributed by atoms with E-state index in [9.17, 15) is 37.6 Å². The van der Waals surface area contributed by atoms with Crippen LogP contribution >= 0.6 is 0 Å². The minimum atomic E-state index is -5.15. The van der Waals surface area contributed by atoms with Gasteiger partial charge in [-0.15, -0.1) is 0 Å². The fourth-order valence-corrected chi connectivity index (χ4v) is 5.28. The highest BCUT2D eigenvalue weighted by molar-refractivity contribution is 5.94. The van der Waals surface area contributed by atoms with Crippen molar-refractivity contribution in [3.63, 3.8) is 0 Å². The minimum absolute atomic E-state index is 0.0283. The van der Waals surface area contributed by atoms with Gasteiger partial charge in [0.25, 0.3) is 0 Å². The van der Waals surface area contributed by atoms with Crippen LogP contribution in [0.5, 0.6) is 0 Å². The Balaban J connectivity index is 1.77. The molecule has 3 rings (SSSR count). The zero-order chi connectivity index (χ0) is 25.6. The Hall–Kier alpha value is -2.84. The standard InChI is InChI=1S/C22H30F3N5O4/c1-10(2)15(29-20(34)22(23,24)25)19(33)30-9-13-14(21(13,3)4)16(30)18(32)28-12(8-26)7-11-5-6-27-17(11)31/h10-16H,5-7,9H2,1-4H3,(H,27,31)(H,28,32)(H,29,34)/t11-,12-,13-,14-,15?,16-/m0/s1. The van der Waals surface area contributed by atoms with E-state index < -0.39 is 53.9 Å². The summed E-state index contributed by atoms with van der Waals surface area (Å²) in [5.41, 5.74) is -0.255. The van der Waals surface area contributed by atoms with Gasteiger partial charge in [-0.1, -0.05) is 27.7 Å². The Morgan fingerprint density at radius 1 is 1.26 bits per heavy atom. The number of amides is 4. The number of hydrogen-bond donors (Lipinski definition) is 3. The van der Waals surface area contributed by atoms with Crippen LogP contribution in [0.1, 0.15) is 40.5 Å². The van der Waals surface area contributed by atoms with E-state index in [0.717, 1.165) is 0 Å². The van der Waals surface area contributed by atoms with E-state index in [2.05, 4.69) is 10.6 Å². The second kappa shape index (κ2) is 9.07. The molecule has 0 aromatic carbocycles. The van der Waals surface area contributed by atoms with Gasteiger partial charge in [0.15, 0.2) is 0 Å². The van der Waals surface area contributed by atoms with Gasteiger partial charge >= 0.3 is 12.1 Å². The maximum absolute atomic E-state index is 13.3. The van der Waals surface area contributed by atoms with Crippen LogP contribution in [-0.2, 0) is 19.2 Å². The molecular formula is C22H30F3N5O4. The molecule has 3 aliphatic rings. The summed E-state index contributed by atoms with van der Waals surface area (Å²) < 4.78 is 38.4. The summed E-state index contributed by atoms with van der Waals surface area (Å²) in [7, 11) is 0. The molecule has 12 heteroatoms. The molecule has 0 bridgehead atoms. The number of hydrogen-bond acceptors (Lipinski definition) is 5. The third kappa shape index (κ3) is 4.83. The Bertz CT molecular complexity index is 913. The molecule has 2 saturated heterocycles. The molecule has 2 heterocycles. The average molecular weight is 486 g/mol. The molecule has 1 aliphatic carbocycles. The average Bonchev–Trinajstić information content (AvgIpc) is 3.10. The molecule has 1 unspecified atom stereocenters. The lowest BCUT2D eigenvalue weighted by molar-refractivity contribution is -0.175. The molecule has 3 fully saturated rings. The van der Waals surface area contributed by atoms with Crippen molar-refractivity contribution in [2.45, 2.75) is 64.8 Å². The predicted octanol–water partition coefficient (Wildman–Crippen LogP) is 0.707. The zero-order valence-electron chi connectivity index (χ0n) is 19.5. The SMILES string of the molecule is CC(C)C(NC(=O)C(F)(F)F)C(=O)N1C[C@H]2[C@@H]([C@H]1C(=O)N[C@H](C#N)C[C@@H]1CCNC1=O)C2(C)C. The highest BCUT2D eigenvalue weighted by atomic mass is 19.4. The number of carbonyl (C=O) groups excluding carboxylic acids is 4.